The minimum absolute atomic E-state index is 0.188. The van der Waals surface area contributed by atoms with Gasteiger partial charge in [0.15, 0.2) is 6.61 Å². The topological polar surface area (TPSA) is 58.6 Å². The van der Waals surface area contributed by atoms with Crippen LogP contribution in [0.25, 0.3) is 0 Å². The number of hydrogen-bond donors (Lipinski definition) is 1. The van der Waals surface area contributed by atoms with Crippen LogP contribution < -0.4 is 10.1 Å². The smallest absolute Gasteiger partial charge is 0.261 e. The molecule has 0 aromatic heterocycles. The number of carbonyl (C=O) groups is 2. The van der Waals surface area contributed by atoms with Crippen LogP contribution in [-0.2, 0) is 22.6 Å². The van der Waals surface area contributed by atoms with E-state index in [9.17, 15) is 9.59 Å². The molecule has 3 rings (SSSR count). The highest BCUT2D eigenvalue weighted by Gasteiger charge is 2.30. The maximum atomic E-state index is 13.5. The summed E-state index contributed by atoms with van der Waals surface area (Å²) in [6, 6.07) is 23.1. The lowest BCUT2D eigenvalue weighted by molar-refractivity contribution is -0.142. The maximum Gasteiger partial charge on any atom is 0.261 e. The van der Waals surface area contributed by atoms with E-state index < -0.39 is 6.04 Å². The van der Waals surface area contributed by atoms with Crippen molar-refractivity contribution < 1.29 is 14.3 Å². The fourth-order valence-corrected chi connectivity index (χ4v) is 3.94. The maximum absolute atomic E-state index is 13.5. The summed E-state index contributed by atoms with van der Waals surface area (Å²) in [5.41, 5.74) is 1.83. The molecule has 2 amide bonds. The molecule has 0 saturated heterocycles. The molecule has 0 aliphatic carbocycles. The Hall–Kier alpha value is -3.02. The van der Waals surface area contributed by atoms with E-state index in [0.717, 1.165) is 24.0 Å². The minimum atomic E-state index is -0.708. The van der Waals surface area contributed by atoms with Crippen molar-refractivity contribution in [2.24, 2.45) is 0 Å². The number of benzene rings is 3. The SMILES string of the molecule is CCCCNC(=O)[C@@H](Cc1ccccc1)N(Cc1ccc(Cl)cc1)C(=O)COc1cccc(Cl)c1. The molecule has 0 radical (unpaired) electrons. The fourth-order valence-electron chi connectivity index (χ4n) is 3.63. The molecule has 35 heavy (non-hydrogen) atoms. The van der Waals surface area contributed by atoms with Gasteiger partial charge in [0.05, 0.1) is 0 Å². The Balaban J connectivity index is 1.87. The molecule has 0 aliphatic rings. The lowest BCUT2D eigenvalue weighted by Gasteiger charge is -2.31. The first-order chi connectivity index (χ1) is 17.0. The van der Waals surface area contributed by atoms with E-state index in [1.807, 2.05) is 42.5 Å². The van der Waals surface area contributed by atoms with Crippen LogP contribution in [0.2, 0.25) is 10.0 Å². The highest BCUT2D eigenvalue weighted by atomic mass is 35.5. The molecule has 3 aromatic rings. The first-order valence-corrected chi connectivity index (χ1v) is 12.5. The van der Waals surface area contributed by atoms with Crippen LogP contribution in [0.3, 0.4) is 0 Å². The fraction of sp³-hybridized carbons (Fsp3) is 0.286. The summed E-state index contributed by atoms with van der Waals surface area (Å²) in [5.74, 6) is 0.00294. The Kier molecular flexibility index (Phi) is 10.5. The number of rotatable bonds is 12. The Morgan fingerprint density at radius 1 is 0.914 bits per heavy atom. The van der Waals surface area contributed by atoms with Gasteiger partial charge in [0.2, 0.25) is 5.91 Å². The Bertz CT molecular complexity index is 1090. The van der Waals surface area contributed by atoms with Gasteiger partial charge >= 0.3 is 0 Å². The summed E-state index contributed by atoms with van der Waals surface area (Å²) in [6.45, 7) is 2.65. The molecule has 0 spiro atoms. The average molecular weight is 513 g/mol. The van der Waals surface area contributed by atoms with Crippen molar-refractivity contribution in [3.63, 3.8) is 0 Å². The van der Waals surface area contributed by atoms with E-state index in [2.05, 4.69) is 12.2 Å². The highest BCUT2D eigenvalue weighted by molar-refractivity contribution is 6.30. The van der Waals surface area contributed by atoms with Crippen molar-refractivity contribution in [1.82, 2.24) is 10.2 Å². The monoisotopic (exact) mass is 512 g/mol. The first kappa shape index (κ1) is 26.6. The second-order valence-corrected chi connectivity index (χ2v) is 9.12. The van der Waals surface area contributed by atoms with Gasteiger partial charge in [0, 0.05) is 29.6 Å². The largest absolute Gasteiger partial charge is 0.484 e. The van der Waals surface area contributed by atoms with Crippen molar-refractivity contribution >= 4 is 35.0 Å². The van der Waals surface area contributed by atoms with Crippen molar-refractivity contribution in [2.45, 2.75) is 38.8 Å². The molecule has 0 bridgehead atoms. The quantitative estimate of drug-likeness (QED) is 0.306. The standard InChI is InChI=1S/C28H30Cl2N2O3/c1-2-3-16-31-28(34)26(17-21-8-5-4-6-9-21)32(19-22-12-14-23(29)15-13-22)27(33)20-35-25-11-7-10-24(30)18-25/h4-15,18,26H,2-3,16-17,19-20H2,1H3,(H,31,34)/t26-/m1/s1. The summed E-state index contributed by atoms with van der Waals surface area (Å²) in [6.07, 6.45) is 2.21. The minimum Gasteiger partial charge on any atom is -0.484 e. The van der Waals surface area contributed by atoms with Crippen LogP contribution in [0.1, 0.15) is 30.9 Å². The van der Waals surface area contributed by atoms with Crippen LogP contribution in [0.15, 0.2) is 78.9 Å². The predicted octanol–water partition coefficient (Wildman–Crippen LogP) is 5.93. The summed E-state index contributed by atoms with van der Waals surface area (Å²) in [7, 11) is 0. The molecule has 7 heteroatoms. The third kappa shape index (κ3) is 8.61. The number of amides is 2. The Morgan fingerprint density at radius 3 is 2.34 bits per heavy atom. The third-order valence-corrected chi connectivity index (χ3v) is 6.01. The van der Waals surface area contributed by atoms with E-state index in [1.165, 1.54) is 0 Å². The van der Waals surface area contributed by atoms with Gasteiger partial charge in [0.1, 0.15) is 11.8 Å². The molecular weight excluding hydrogens is 483 g/mol. The van der Waals surface area contributed by atoms with Crippen LogP contribution in [0.5, 0.6) is 5.75 Å². The molecule has 1 N–H and O–H groups in total. The molecule has 5 nitrogen and oxygen atoms in total. The molecule has 0 aliphatic heterocycles. The predicted molar refractivity (Wildman–Crippen MR) is 141 cm³/mol. The van der Waals surface area contributed by atoms with Gasteiger partial charge in [-0.05, 0) is 47.9 Å². The van der Waals surface area contributed by atoms with Crippen LogP contribution >= 0.6 is 23.2 Å². The average Bonchev–Trinajstić information content (AvgIpc) is 2.86. The summed E-state index contributed by atoms with van der Waals surface area (Å²) in [4.78, 5) is 28.4. The van der Waals surface area contributed by atoms with Gasteiger partial charge < -0.3 is 15.0 Å². The lowest BCUT2D eigenvalue weighted by atomic mass is 10.0. The van der Waals surface area contributed by atoms with Crippen LogP contribution in [0, 0.1) is 0 Å². The van der Waals surface area contributed by atoms with Crippen molar-refractivity contribution in [2.75, 3.05) is 13.2 Å². The van der Waals surface area contributed by atoms with Gasteiger partial charge in [-0.3, -0.25) is 9.59 Å². The second-order valence-electron chi connectivity index (χ2n) is 8.24. The lowest BCUT2D eigenvalue weighted by Crippen LogP contribution is -2.51. The van der Waals surface area contributed by atoms with Gasteiger partial charge in [-0.15, -0.1) is 0 Å². The van der Waals surface area contributed by atoms with Gasteiger partial charge in [-0.25, -0.2) is 0 Å². The number of nitrogens with zero attached hydrogens (tertiary/aromatic N) is 1. The number of ether oxygens (including phenoxy) is 1. The van der Waals surface area contributed by atoms with E-state index in [1.54, 1.807) is 41.3 Å². The highest BCUT2D eigenvalue weighted by Crippen LogP contribution is 2.19. The van der Waals surface area contributed by atoms with Crippen molar-refractivity contribution in [3.8, 4) is 5.75 Å². The first-order valence-electron chi connectivity index (χ1n) is 11.7. The molecule has 0 saturated carbocycles. The summed E-state index contributed by atoms with van der Waals surface area (Å²) < 4.78 is 5.74. The third-order valence-electron chi connectivity index (χ3n) is 5.53. The number of halogens is 2. The van der Waals surface area contributed by atoms with Crippen LogP contribution in [-0.4, -0.2) is 35.9 Å². The molecular formula is C28H30Cl2N2O3. The molecule has 0 heterocycles. The van der Waals surface area contributed by atoms with Crippen molar-refractivity contribution in [3.05, 3.63) is 100 Å². The van der Waals surface area contributed by atoms with E-state index >= 15 is 0 Å². The number of nitrogens with one attached hydrogen (secondary N) is 1. The molecule has 0 fully saturated rings. The van der Waals surface area contributed by atoms with Gasteiger partial charge in [0.25, 0.3) is 5.91 Å². The second kappa shape index (κ2) is 13.8. The number of unbranched alkanes of at least 4 members (excludes halogenated alkanes) is 1. The normalized spacial score (nSPS) is 11.5. The zero-order valence-corrected chi connectivity index (χ0v) is 21.3. The Labute approximate surface area is 217 Å². The zero-order chi connectivity index (χ0) is 25.0. The number of hydrogen-bond acceptors (Lipinski definition) is 3. The van der Waals surface area contributed by atoms with Crippen LogP contribution in [0.4, 0.5) is 0 Å². The van der Waals surface area contributed by atoms with Gasteiger partial charge in [-0.1, -0.05) is 85.1 Å². The zero-order valence-electron chi connectivity index (χ0n) is 19.8. The molecule has 3 aromatic carbocycles. The molecule has 1 atom stereocenters. The van der Waals surface area contributed by atoms with Crippen molar-refractivity contribution in [1.29, 1.82) is 0 Å². The van der Waals surface area contributed by atoms with E-state index in [-0.39, 0.29) is 25.0 Å². The summed E-state index contributed by atoms with van der Waals surface area (Å²) in [5, 5.41) is 4.13. The van der Waals surface area contributed by atoms with Gasteiger partial charge in [-0.2, -0.15) is 0 Å². The molecule has 0 unspecified atom stereocenters. The molecule has 184 valence electrons. The van der Waals surface area contributed by atoms with E-state index in [4.69, 9.17) is 27.9 Å². The number of carbonyl (C=O) groups excluding carboxylic acids is 2. The van der Waals surface area contributed by atoms with E-state index in [0.29, 0.717) is 28.8 Å². The summed E-state index contributed by atoms with van der Waals surface area (Å²) >= 11 is 12.1. The Morgan fingerprint density at radius 2 is 1.66 bits per heavy atom.